The lowest BCUT2D eigenvalue weighted by atomic mass is 9.95. The summed E-state index contributed by atoms with van der Waals surface area (Å²) in [5.41, 5.74) is 4.86. The predicted octanol–water partition coefficient (Wildman–Crippen LogP) is 3.31. The molecule has 2 heterocycles. The van der Waals surface area contributed by atoms with Crippen molar-refractivity contribution in [2.75, 3.05) is 18.4 Å². The van der Waals surface area contributed by atoms with Gasteiger partial charge in [0.2, 0.25) is 0 Å². The van der Waals surface area contributed by atoms with Gasteiger partial charge < -0.3 is 10.2 Å². The van der Waals surface area contributed by atoms with Crippen LogP contribution < -0.4 is 5.32 Å². The van der Waals surface area contributed by atoms with Crippen molar-refractivity contribution < 1.29 is 4.79 Å². The third kappa shape index (κ3) is 2.96. The number of aromatic amines is 1. The van der Waals surface area contributed by atoms with E-state index in [-0.39, 0.29) is 6.03 Å². The molecule has 0 saturated carbocycles. The topological polar surface area (TPSA) is 61.0 Å². The summed E-state index contributed by atoms with van der Waals surface area (Å²) < 4.78 is 0. The van der Waals surface area contributed by atoms with Crippen LogP contribution in [0.3, 0.4) is 0 Å². The Morgan fingerprint density at radius 1 is 1.22 bits per heavy atom. The van der Waals surface area contributed by atoms with Gasteiger partial charge in [-0.25, -0.2) is 4.79 Å². The smallest absolute Gasteiger partial charge is 0.321 e. The Balaban J connectivity index is 1.42. The Labute approximate surface area is 136 Å². The van der Waals surface area contributed by atoms with Gasteiger partial charge >= 0.3 is 6.03 Å². The highest BCUT2D eigenvalue weighted by molar-refractivity contribution is 5.89. The number of carbonyl (C=O) groups is 1. The molecule has 1 fully saturated rings. The zero-order chi connectivity index (χ0) is 15.6. The number of nitrogens with one attached hydrogen (secondary N) is 2. The summed E-state index contributed by atoms with van der Waals surface area (Å²) in [6.07, 6.45) is 7.43. The van der Waals surface area contributed by atoms with Gasteiger partial charge in [-0.05, 0) is 61.4 Å². The van der Waals surface area contributed by atoms with E-state index in [0.29, 0.717) is 5.92 Å². The van der Waals surface area contributed by atoms with E-state index in [1.165, 1.54) is 24.0 Å². The average molecular weight is 310 g/mol. The van der Waals surface area contributed by atoms with E-state index in [0.717, 1.165) is 43.7 Å². The maximum absolute atomic E-state index is 12.6. The number of amides is 2. The molecule has 1 aromatic heterocycles. The second-order valence-electron chi connectivity index (χ2n) is 6.56. The Kier molecular flexibility index (Phi) is 3.77. The molecule has 2 aliphatic rings. The average Bonchev–Trinajstić information content (AvgIpc) is 3.26. The number of carbonyl (C=O) groups excluding carboxylic acids is 1. The van der Waals surface area contributed by atoms with Gasteiger partial charge in [-0.15, -0.1) is 0 Å². The number of piperidine rings is 1. The molecule has 4 rings (SSSR count). The van der Waals surface area contributed by atoms with Crippen LogP contribution in [0.4, 0.5) is 10.5 Å². The second-order valence-corrected chi connectivity index (χ2v) is 6.56. The Morgan fingerprint density at radius 2 is 2.13 bits per heavy atom. The molecule has 5 heteroatoms. The number of anilines is 1. The number of hydrogen-bond acceptors (Lipinski definition) is 2. The van der Waals surface area contributed by atoms with Crippen molar-refractivity contribution in [3.63, 3.8) is 0 Å². The van der Waals surface area contributed by atoms with Gasteiger partial charge in [0.15, 0.2) is 0 Å². The molecule has 0 spiro atoms. The second kappa shape index (κ2) is 6.07. The highest BCUT2D eigenvalue weighted by Gasteiger charge is 2.25. The first-order valence-corrected chi connectivity index (χ1v) is 8.46. The van der Waals surface area contributed by atoms with Crippen LogP contribution in [0.1, 0.15) is 42.0 Å². The summed E-state index contributed by atoms with van der Waals surface area (Å²) in [6.45, 7) is 1.57. The zero-order valence-electron chi connectivity index (χ0n) is 13.2. The quantitative estimate of drug-likeness (QED) is 0.894. The summed E-state index contributed by atoms with van der Waals surface area (Å²) in [6, 6.07) is 8.33. The van der Waals surface area contributed by atoms with E-state index in [1.54, 1.807) is 6.20 Å². The van der Waals surface area contributed by atoms with Crippen molar-refractivity contribution in [2.45, 2.75) is 38.0 Å². The molecule has 1 saturated heterocycles. The number of likely N-dealkylation sites (tertiary alicyclic amines) is 1. The number of fused-ring (bicyclic) bond motifs is 1. The summed E-state index contributed by atoms with van der Waals surface area (Å²) in [7, 11) is 0. The molecule has 23 heavy (non-hydrogen) atoms. The predicted molar refractivity (Wildman–Crippen MR) is 89.6 cm³/mol. The molecule has 0 radical (unpaired) electrons. The summed E-state index contributed by atoms with van der Waals surface area (Å²) >= 11 is 0. The van der Waals surface area contributed by atoms with Gasteiger partial charge in [0.1, 0.15) is 0 Å². The number of urea groups is 1. The summed E-state index contributed by atoms with van der Waals surface area (Å²) in [5.74, 6) is 0.358. The lowest BCUT2D eigenvalue weighted by Gasteiger charge is -2.32. The van der Waals surface area contributed by atoms with Gasteiger partial charge in [0, 0.05) is 36.6 Å². The fraction of sp³-hybridized carbons (Fsp3) is 0.444. The lowest BCUT2D eigenvalue weighted by molar-refractivity contribution is 0.192. The molecule has 120 valence electrons. The Morgan fingerprint density at radius 3 is 3.00 bits per heavy atom. The van der Waals surface area contributed by atoms with E-state index < -0.39 is 0 Å². The minimum Gasteiger partial charge on any atom is -0.324 e. The van der Waals surface area contributed by atoms with Crippen molar-refractivity contribution in [1.29, 1.82) is 0 Å². The van der Waals surface area contributed by atoms with E-state index in [2.05, 4.69) is 27.6 Å². The van der Waals surface area contributed by atoms with Crippen LogP contribution in [0.15, 0.2) is 30.5 Å². The minimum absolute atomic E-state index is 0.00663. The fourth-order valence-electron chi connectivity index (χ4n) is 3.76. The first-order valence-electron chi connectivity index (χ1n) is 8.46. The van der Waals surface area contributed by atoms with Crippen LogP contribution >= 0.6 is 0 Å². The largest absolute Gasteiger partial charge is 0.324 e. The number of rotatable bonds is 2. The molecule has 2 N–H and O–H groups in total. The third-order valence-corrected chi connectivity index (χ3v) is 5.02. The van der Waals surface area contributed by atoms with Gasteiger partial charge in [-0.3, -0.25) is 5.10 Å². The van der Waals surface area contributed by atoms with Gasteiger partial charge in [0.25, 0.3) is 0 Å². The SMILES string of the molecule is O=C(Nc1ccc2c(c1)CCC2)N1CCC[C@@H](c2ccn[nH]2)C1. The molecular formula is C18H22N4O. The van der Waals surface area contributed by atoms with E-state index >= 15 is 0 Å². The molecule has 1 aliphatic heterocycles. The van der Waals surface area contributed by atoms with Crippen molar-refractivity contribution in [3.05, 3.63) is 47.3 Å². The fourth-order valence-corrected chi connectivity index (χ4v) is 3.76. The molecule has 1 aliphatic carbocycles. The molecule has 0 bridgehead atoms. The van der Waals surface area contributed by atoms with Gasteiger partial charge in [-0.2, -0.15) is 5.10 Å². The summed E-state index contributed by atoms with van der Waals surface area (Å²) in [4.78, 5) is 14.5. The first kappa shape index (κ1) is 14.3. The van der Waals surface area contributed by atoms with Crippen LogP contribution in [0.2, 0.25) is 0 Å². The molecule has 1 aromatic carbocycles. The minimum atomic E-state index is 0.00663. The highest BCUT2D eigenvalue weighted by Crippen LogP contribution is 2.27. The monoisotopic (exact) mass is 310 g/mol. The number of nitrogens with zero attached hydrogens (tertiary/aromatic N) is 2. The lowest BCUT2D eigenvalue weighted by Crippen LogP contribution is -2.41. The van der Waals surface area contributed by atoms with Crippen LogP contribution in [-0.2, 0) is 12.8 Å². The van der Waals surface area contributed by atoms with E-state index in [9.17, 15) is 4.79 Å². The van der Waals surface area contributed by atoms with Crippen LogP contribution in [0.5, 0.6) is 0 Å². The standard InChI is InChI=1S/C18H22N4O/c23-18(20-16-7-6-13-3-1-4-14(13)11-16)22-10-2-5-15(12-22)17-8-9-19-21-17/h6-9,11,15H,1-5,10,12H2,(H,19,21)(H,20,23)/t15-/m1/s1. The number of hydrogen-bond donors (Lipinski definition) is 2. The highest BCUT2D eigenvalue weighted by atomic mass is 16.2. The molecule has 2 aromatic rings. The van der Waals surface area contributed by atoms with Crippen molar-refractivity contribution in [3.8, 4) is 0 Å². The normalized spacial score (nSPS) is 20.3. The van der Waals surface area contributed by atoms with Crippen molar-refractivity contribution >= 4 is 11.7 Å². The van der Waals surface area contributed by atoms with Gasteiger partial charge in [0.05, 0.1) is 0 Å². The Hall–Kier alpha value is -2.30. The first-order chi connectivity index (χ1) is 11.3. The molecular weight excluding hydrogens is 288 g/mol. The van der Waals surface area contributed by atoms with Crippen LogP contribution in [-0.4, -0.2) is 34.2 Å². The Bertz CT molecular complexity index is 695. The maximum atomic E-state index is 12.6. The van der Waals surface area contributed by atoms with Crippen molar-refractivity contribution in [2.24, 2.45) is 0 Å². The molecule has 1 atom stereocenters. The number of H-pyrrole nitrogens is 1. The molecule has 0 unspecified atom stereocenters. The third-order valence-electron chi connectivity index (χ3n) is 5.02. The number of benzene rings is 1. The summed E-state index contributed by atoms with van der Waals surface area (Å²) in [5, 5.41) is 10.1. The van der Waals surface area contributed by atoms with E-state index in [1.807, 2.05) is 17.0 Å². The van der Waals surface area contributed by atoms with E-state index in [4.69, 9.17) is 0 Å². The number of aryl methyl sites for hydroxylation is 2. The van der Waals surface area contributed by atoms with Crippen molar-refractivity contribution in [1.82, 2.24) is 15.1 Å². The van der Waals surface area contributed by atoms with Crippen LogP contribution in [0.25, 0.3) is 0 Å². The van der Waals surface area contributed by atoms with Crippen LogP contribution in [0, 0.1) is 0 Å². The zero-order valence-corrected chi connectivity index (χ0v) is 13.2. The maximum Gasteiger partial charge on any atom is 0.321 e. The molecule has 5 nitrogen and oxygen atoms in total. The molecule has 2 amide bonds. The number of aromatic nitrogens is 2. The van der Waals surface area contributed by atoms with Gasteiger partial charge in [-0.1, -0.05) is 6.07 Å².